The molecule has 0 aliphatic carbocycles. The molecule has 1 heterocycles. The topological polar surface area (TPSA) is 44.5 Å². The molecule has 1 aromatic carbocycles. The summed E-state index contributed by atoms with van der Waals surface area (Å²) in [5, 5.41) is 0. The first-order valence-electron chi connectivity index (χ1n) is 6.23. The van der Waals surface area contributed by atoms with Crippen LogP contribution in [0.3, 0.4) is 0 Å². The highest BCUT2D eigenvalue weighted by atomic mass is 16.5. The third-order valence-corrected chi connectivity index (χ3v) is 3.07. The minimum Gasteiger partial charge on any atom is -0.485 e. The Morgan fingerprint density at radius 1 is 1.47 bits per heavy atom. The average molecular weight is 235 g/mol. The number of hydrogen-bond donors (Lipinski definition) is 1. The smallest absolute Gasteiger partial charge is 0.165 e. The minimum absolute atomic E-state index is 0.0637. The predicted molar refractivity (Wildman–Crippen MR) is 68.6 cm³/mol. The van der Waals surface area contributed by atoms with Gasteiger partial charge in [-0.05, 0) is 26.3 Å². The molecule has 0 aromatic heterocycles. The molecule has 94 valence electrons. The number of ether oxygens (including phenoxy) is 2. The Balaban J connectivity index is 2.24. The maximum Gasteiger partial charge on any atom is 0.165 e. The van der Waals surface area contributed by atoms with E-state index in [2.05, 4.69) is 26.8 Å². The quantitative estimate of drug-likeness (QED) is 0.872. The molecule has 0 saturated heterocycles. The highest BCUT2D eigenvalue weighted by molar-refractivity contribution is 5.50. The molecular formula is C14H21NO2. The summed E-state index contributed by atoms with van der Waals surface area (Å²) in [5.41, 5.74) is 6.75. The van der Waals surface area contributed by atoms with Crippen LogP contribution in [0.4, 0.5) is 0 Å². The van der Waals surface area contributed by atoms with Gasteiger partial charge in [0, 0.05) is 18.5 Å². The Labute approximate surface area is 103 Å². The van der Waals surface area contributed by atoms with Crippen LogP contribution in [0, 0.1) is 0 Å². The van der Waals surface area contributed by atoms with Crippen molar-refractivity contribution in [3.05, 3.63) is 23.8 Å². The Kier molecular flexibility index (Phi) is 3.29. The molecule has 2 rings (SSSR count). The molecule has 1 unspecified atom stereocenters. The van der Waals surface area contributed by atoms with Gasteiger partial charge < -0.3 is 15.2 Å². The van der Waals surface area contributed by atoms with E-state index in [1.54, 1.807) is 0 Å². The van der Waals surface area contributed by atoms with Gasteiger partial charge in [0.15, 0.2) is 11.5 Å². The van der Waals surface area contributed by atoms with Gasteiger partial charge >= 0.3 is 0 Å². The van der Waals surface area contributed by atoms with Gasteiger partial charge in [-0.25, -0.2) is 0 Å². The fraction of sp³-hybridized carbons (Fsp3) is 0.571. The number of rotatable bonds is 4. The number of hydrogen-bond acceptors (Lipinski definition) is 3. The summed E-state index contributed by atoms with van der Waals surface area (Å²) in [7, 11) is 0. The first-order valence-corrected chi connectivity index (χ1v) is 6.23. The zero-order chi connectivity index (χ0) is 12.5. The van der Waals surface area contributed by atoms with Crippen molar-refractivity contribution in [3.8, 4) is 11.5 Å². The number of fused-ring (bicyclic) bond motifs is 1. The van der Waals surface area contributed by atoms with Gasteiger partial charge in [-0.1, -0.05) is 19.1 Å². The van der Waals surface area contributed by atoms with Crippen LogP contribution in [0.1, 0.15) is 32.8 Å². The molecule has 1 atom stereocenters. The fourth-order valence-corrected chi connectivity index (χ4v) is 2.16. The molecule has 0 fully saturated rings. The lowest BCUT2D eigenvalue weighted by Crippen LogP contribution is -2.27. The van der Waals surface area contributed by atoms with E-state index >= 15 is 0 Å². The van der Waals surface area contributed by atoms with E-state index in [0.717, 1.165) is 24.3 Å². The van der Waals surface area contributed by atoms with Crippen LogP contribution in [0.15, 0.2) is 18.2 Å². The fourth-order valence-electron chi connectivity index (χ4n) is 2.16. The Morgan fingerprint density at radius 3 is 2.88 bits per heavy atom. The van der Waals surface area contributed by atoms with E-state index < -0.39 is 0 Å². The molecule has 1 aromatic rings. The molecule has 1 aliphatic rings. The number of para-hydroxylation sites is 1. The molecule has 17 heavy (non-hydrogen) atoms. The Hall–Kier alpha value is -1.22. The summed E-state index contributed by atoms with van der Waals surface area (Å²) in [6.07, 6.45) is 1.90. The maximum atomic E-state index is 5.95. The van der Waals surface area contributed by atoms with Gasteiger partial charge in [0.05, 0.1) is 0 Å². The zero-order valence-corrected chi connectivity index (χ0v) is 10.8. The standard InChI is InChI=1S/C14H21NO2/c1-4-11(9-15)16-12-7-5-6-10-8-14(2,3)17-13(10)12/h5-7,11H,4,8-9,15H2,1-3H3. The maximum absolute atomic E-state index is 5.95. The second kappa shape index (κ2) is 4.57. The normalized spacial score (nSPS) is 18.4. The van der Waals surface area contributed by atoms with Gasteiger partial charge in [-0.15, -0.1) is 0 Å². The molecule has 3 nitrogen and oxygen atoms in total. The van der Waals surface area contributed by atoms with Crippen molar-refractivity contribution in [2.24, 2.45) is 5.73 Å². The van der Waals surface area contributed by atoms with E-state index in [1.807, 2.05) is 12.1 Å². The monoisotopic (exact) mass is 235 g/mol. The molecule has 0 amide bonds. The SMILES string of the molecule is CCC(CN)Oc1cccc2c1OC(C)(C)C2. The van der Waals surface area contributed by atoms with Crippen molar-refractivity contribution in [2.45, 2.75) is 45.3 Å². The zero-order valence-electron chi connectivity index (χ0n) is 10.8. The van der Waals surface area contributed by atoms with Crippen molar-refractivity contribution in [1.29, 1.82) is 0 Å². The second-order valence-electron chi connectivity index (χ2n) is 5.17. The lowest BCUT2D eigenvalue weighted by molar-refractivity contribution is 0.125. The third-order valence-electron chi connectivity index (χ3n) is 3.07. The third kappa shape index (κ3) is 2.55. The molecule has 2 N–H and O–H groups in total. The molecule has 0 bridgehead atoms. The van der Waals surface area contributed by atoms with Crippen molar-refractivity contribution in [3.63, 3.8) is 0 Å². The van der Waals surface area contributed by atoms with Gasteiger partial charge in [0.2, 0.25) is 0 Å². The summed E-state index contributed by atoms with van der Waals surface area (Å²) in [4.78, 5) is 0. The number of nitrogens with two attached hydrogens (primary N) is 1. The summed E-state index contributed by atoms with van der Waals surface area (Å²) in [5.74, 6) is 1.72. The van der Waals surface area contributed by atoms with Crippen LogP contribution < -0.4 is 15.2 Å². The first-order chi connectivity index (χ1) is 8.05. The van der Waals surface area contributed by atoms with Gasteiger partial charge in [0.1, 0.15) is 11.7 Å². The van der Waals surface area contributed by atoms with Crippen molar-refractivity contribution in [2.75, 3.05) is 6.54 Å². The molecule has 3 heteroatoms. The van der Waals surface area contributed by atoms with Crippen LogP contribution >= 0.6 is 0 Å². The van der Waals surface area contributed by atoms with Gasteiger partial charge in [-0.3, -0.25) is 0 Å². The molecule has 0 spiro atoms. The highest BCUT2D eigenvalue weighted by Gasteiger charge is 2.32. The summed E-state index contributed by atoms with van der Waals surface area (Å²) >= 11 is 0. The Bertz CT molecular complexity index is 397. The molecule has 0 radical (unpaired) electrons. The van der Waals surface area contributed by atoms with E-state index in [0.29, 0.717) is 6.54 Å². The summed E-state index contributed by atoms with van der Waals surface area (Å²) < 4.78 is 11.8. The highest BCUT2D eigenvalue weighted by Crippen LogP contribution is 2.42. The van der Waals surface area contributed by atoms with E-state index in [-0.39, 0.29) is 11.7 Å². The molecular weight excluding hydrogens is 214 g/mol. The van der Waals surface area contributed by atoms with Crippen LogP contribution in [0.5, 0.6) is 11.5 Å². The largest absolute Gasteiger partial charge is 0.485 e. The van der Waals surface area contributed by atoms with Crippen molar-refractivity contribution < 1.29 is 9.47 Å². The predicted octanol–water partition coefficient (Wildman–Crippen LogP) is 2.52. The van der Waals surface area contributed by atoms with Crippen LogP contribution in [0.2, 0.25) is 0 Å². The van der Waals surface area contributed by atoms with Crippen molar-refractivity contribution >= 4 is 0 Å². The van der Waals surface area contributed by atoms with Crippen LogP contribution in [-0.4, -0.2) is 18.2 Å². The Morgan fingerprint density at radius 2 is 2.24 bits per heavy atom. The summed E-state index contributed by atoms with van der Waals surface area (Å²) in [6, 6.07) is 6.07. The first kappa shape index (κ1) is 12.2. The lowest BCUT2D eigenvalue weighted by atomic mass is 10.0. The molecule has 1 aliphatic heterocycles. The average Bonchev–Trinajstić information content (AvgIpc) is 2.60. The lowest BCUT2D eigenvalue weighted by Gasteiger charge is -2.20. The van der Waals surface area contributed by atoms with E-state index in [9.17, 15) is 0 Å². The number of benzene rings is 1. The summed E-state index contributed by atoms with van der Waals surface area (Å²) in [6.45, 7) is 6.79. The minimum atomic E-state index is -0.133. The molecule has 0 saturated carbocycles. The van der Waals surface area contributed by atoms with Gasteiger partial charge in [-0.2, -0.15) is 0 Å². The van der Waals surface area contributed by atoms with E-state index in [4.69, 9.17) is 15.2 Å². The van der Waals surface area contributed by atoms with Crippen LogP contribution in [0.25, 0.3) is 0 Å². The van der Waals surface area contributed by atoms with E-state index in [1.165, 1.54) is 5.56 Å². The van der Waals surface area contributed by atoms with Crippen LogP contribution in [-0.2, 0) is 6.42 Å². The second-order valence-corrected chi connectivity index (χ2v) is 5.17. The van der Waals surface area contributed by atoms with Crippen molar-refractivity contribution in [1.82, 2.24) is 0 Å². The van der Waals surface area contributed by atoms with Gasteiger partial charge in [0.25, 0.3) is 0 Å².